The van der Waals surface area contributed by atoms with Gasteiger partial charge in [-0.2, -0.15) is 35.9 Å². The van der Waals surface area contributed by atoms with Gasteiger partial charge in [-0.25, -0.2) is 18.2 Å². The molecule has 2 aromatic rings. The Balaban J connectivity index is 0.000000443. The van der Waals surface area contributed by atoms with Crippen molar-refractivity contribution in [3.8, 4) is 0 Å². The van der Waals surface area contributed by atoms with Gasteiger partial charge in [0.2, 0.25) is 0 Å². The molecule has 0 N–H and O–H groups in total. The smallest absolute Gasteiger partial charge is 0.118 e. The Hall–Kier alpha value is -0.120. The molecule has 6 heteroatoms. The summed E-state index contributed by atoms with van der Waals surface area (Å²) in [6.07, 6.45) is 7.32. The second kappa shape index (κ2) is 13.1. The number of halogens is 2. The van der Waals surface area contributed by atoms with Crippen LogP contribution in [0, 0.1) is 13.0 Å². The van der Waals surface area contributed by atoms with Crippen molar-refractivity contribution in [3.05, 3.63) is 82.7 Å². The quantitative estimate of drug-likeness (QED) is 0.400. The Morgan fingerprint density at radius 1 is 1.20 bits per heavy atom. The van der Waals surface area contributed by atoms with Gasteiger partial charge in [-0.05, 0) is 19.1 Å². The molecule has 1 aromatic heterocycles. The maximum atomic E-state index is 5.63. The molecule has 132 valence electrons. The third-order valence-corrected chi connectivity index (χ3v) is 4.05. The summed E-state index contributed by atoms with van der Waals surface area (Å²) in [5.41, 5.74) is 2.81. The molecule has 0 unspecified atom stereocenters. The molecule has 0 fully saturated rings. The standard InChI is InChI=1S/C12H9OS.C5H5.C2H6Si.2ClH.Zr/c1-8-5-6-11(13-8)10-7-14-12-4-2-3-9(10)12;1-2-4-5-3-1;1-3-2;;;/h2-3,5-6H,7H2,1H3;1-5H;1-2H3;2*1H;/q2*-1;;;;+2/p-2. The van der Waals surface area contributed by atoms with Gasteiger partial charge in [-0.15, -0.1) is 16.7 Å². The van der Waals surface area contributed by atoms with Gasteiger partial charge in [0.25, 0.3) is 0 Å². The summed E-state index contributed by atoms with van der Waals surface area (Å²) in [7, 11) is 0. The van der Waals surface area contributed by atoms with Crippen LogP contribution < -0.4 is 24.8 Å². The third-order valence-electron chi connectivity index (χ3n) is 2.99. The van der Waals surface area contributed by atoms with Crippen molar-refractivity contribution in [2.45, 2.75) is 20.0 Å². The fourth-order valence-corrected chi connectivity index (χ4v) is 3.14. The number of allylic oxidation sites excluding steroid dienone is 4. The predicted octanol–water partition coefficient (Wildman–Crippen LogP) is -0.457. The SMILES string of the molecule is C[Si](C)=[Zr+2].Cc1ccc(C2=C3C=C[C-]=C3SC2)o1.[Cl-].[Cl-].c1cc[cH-]c1. The van der Waals surface area contributed by atoms with Crippen LogP contribution in [0.4, 0.5) is 0 Å². The van der Waals surface area contributed by atoms with Crippen LogP contribution in [-0.4, -0.2) is 11.2 Å². The minimum absolute atomic E-state index is 0. The predicted molar refractivity (Wildman–Crippen MR) is 98.2 cm³/mol. The van der Waals surface area contributed by atoms with Gasteiger partial charge in [-0.3, -0.25) is 0 Å². The average Bonchev–Trinajstić information content (AvgIpc) is 3.25. The van der Waals surface area contributed by atoms with Crippen LogP contribution in [0.3, 0.4) is 0 Å². The average molecular weight is 487 g/mol. The van der Waals surface area contributed by atoms with E-state index in [4.69, 9.17) is 4.42 Å². The zero-order valence-corrected chi connectivity index (χ0v) is 20.3. The summed E-state index contributed by atoms with van der Waals surface area (Å²) >= 11 is 3.57. The van der Waals surface area contributed by atoms with E-state index in [-0.39, 0.29) is 30.2 Å². The van der Waals surface area contributed by atoms with Gasteiger partial charge >= 0.3 is 41.9 Å². The van der Waals surface area contributed by atoms with Crippen molar-refractivity contribution in [1.29, 1.82) is 0 Å². The van der Waals surface area contributed by atoms with Crippen molar-refractivity contribution in [1.82, 2.24) is 0 Å². The van der Waals surface area contributed by atoms with Crippen LogP contribution in [0.1, 0.15) is 11.5 Å². The topological polar surface area (TPSA) is 13.1 Å². The van der Waals surface area contributed by atoms with E-state index in [0.717, 1.165) is 17.3 Å². The molecule has 0 radical (unpaired) electrons. The molecule has 0 saturated heterocycles. The molecule has 0 atom stereocenters. The summed E-state index contributed by atoms with van der Waals surface area (Å²) in [5, 5.41) is 0. The van der Waals surface area contributed by atoms with Gasteiger partial charge in [0.1, 0.15) is 11.5 Å². The zero-order chi connectivity index (χ0) is 16.7. The van der Waals surface area contributed by atoms with Crippen LogP contribution >= 0.6 is 11.8 Å². The first kappa shape index (κ1) is 24.9. The molecule has 1 aliphatic heterocycles. The molecule has 2 aliphatic rings. The molecular weight excluding hydrogens is 466 g/mol. The van der Waals surface area contributed by atoms with Gasteiger partial charge < -0.3 is 29.2 Å². The summed E-state index contributed by atoms with van der Waals surface area (Å²) in [5.74, 6) is 2.99. The molecule has 0 spiro atoms. The number of thioether (sulfide) groups is 1. The van der Waals surface area contributed by atoms with Gasteiger partial charge in [0.15, 0.2) is 0 Å². The van der Waals surface area contributed by atoms with E-state index in [1.54, 1.807) is 23.3 Å². The Morgan fingerprint density at radius 2 is 1.84 bits per heavy atom. The Bertz CT molecular complexity index is 724. The van der Waals surface area contributed by atoms with Crippen LogP contribution in [0.15, 0.2) is 69.5 Å². The number of furan rings is 1. The summed E-state index contributed by atoms with van der Waals surface area (Å²) < 4.78 is 5.63. The van der Waals surface area contributed by atoms with Gasteiger partial charge in [0.05, 0.1) is 0 Å². The van der Waals surface area contributed by atoms with E-state index in [1.165, 1.54) is 16.1 Å². The maximum Gasteiger partial charge on any atom is 0.118 e. The third kappa shape index (κ3) is 8.41. The molecule has 2 heterocycles. The fraction of sp³-hybridized carbons (Fsp3) is 0.211. The summed E-state index contributed by atoms with van der Waals surface area (Å²) in [6, 6.07) is 14.1. The molecule has 4 rings (SSSR count). The number of hydrogen-bond acceptors (Lipinski definition) is 2. The number of rotatable bonds is 1. The van der Waals surface area contributed by atoms with E-state index in [9.17, 15) is 0 Å². The Morgan fingerprint density at radius 3 is 2.32 bits per heavy atom. The number of fused-ring (bicyclic) bond motifs is 1. The maximum absolute atomic E-state index is 5.63. The minimum atomic E-state index is 0. The zero-order valence-electron chi connectivity index (χ0n) is 14.5. The molecule has 1 aliphatic carbocycles. The van der Waals surface area contributed by atoms with Crippen LogP contribution in [0.5, 0.6) is 0 Å². The largest absolute Gasteiger partial charge is 1.00 e. The van der Waals surface area contributed by atoms with Gasteiger partial charge in [0, 0.05) is 5.75 Å². The molecule has 1 aromatic carbocycles. The normalized spacial score (nSPS) is 13.4. The second-order valence-electron chi connectivity index (χ2n) is 5.36. The molecule has 0 saturated carbocycles. The molecule has 0 bridgehead atoms. The molecular formula is C19H20Cl2OSSiZr-2. The first-order valence-corrected chi connectivity index (χ1v) is 14.7. The van der Waals surface area contributed by atoms with Crippen LogP contribution in [0.25, 0.3) is 5.57 Å². The summed E-state index contributed by atoms with van der Waals surface area (Å²) in [6.45, 7) is 6.59. The van der Waals surface area contributed by atoms with Crippen molar-refractivity contribution in [3.63, 3.8) is 0 Å². The molecule has 1 nitrogen and oxygen atoms in total. The fourth-order valence-electron chi connectivity index (χ4n) is 2.05. The van der Waals surface area contributed by atoms with Crippen LogP contribution in [-0.2, 0) is 23.3 Å². The Kier molecular flexibility index (Phi) is 13.0. The van der Waals surface area contributed by atoms with Gasteiger partial charge in [-0.1, -0.05) is 5.57 Å². The van der Waals surface area contributed by atoms with Crippen molar-refractivity contribution in [2.24, 2.45) is 0 Å². The molecule has 0 amide bonds. The minimum Gasteiger partial charge on any atom is -1.00 e. The van der Waals surface area contributed by atoms with E-state index in [1.807, 2.05) is 67.2 Å². The van der Waals surface area contributed by atoms with E-state index >= 15 is 0 Å². The summed E-state index contributed by atoms with van der Waals surface area (Å²) in [4.78, 5) is 1.26. The van der Waals surface area contributed by atoms with E-state index in [0.29, 0.717) is 0 Å². The molecule has 25 heavy (non-hydrogen) atoms. The monoisotopic (exact) mass is 484 g/mol. The van der Waals surface area contributed by atoms with E-state index < -0.39 is 0 Å². The van der Waals surface area contributed by atoms with Crippen molar-refractivity contribution < 1.29 is 52.6 Å². The first-order valence-electron chi connectivity index (χ1n) is 7.49. The number of aryl methyl sites for hydroxylation is 1. The van der Waals surface area contributed by atoms with Crippen molar-refractivity contribution >= 4 is 22.8 Å². The number of hydrogen-bond donors (Lipinski definition) is 0. The second-order valence-corrected chi connectivity index (χ2v) is 15.7. The first-order chi connectivity index (χ1) is 11.1. The van der Waals surface area contributed by atoms with Crippen molar-refractivity contribution in [2.75, 3.05) is 5.75 Å². The Labute approximate surface area is 182 Å². The van der Waals surface area contributed by atoms with Crippen LogP contribution in [0.2, 0.25) is 13.1 Å². The van der Waals surface area contributed by atoms with E-state index in [2.05, 4.69) is 25.2 Å².